The third-order valence-corrected chi connectivity index (χ3v) is 4.27. The van der Waals surface area contributed by atoms with Crippen LogP contribution in [0.15, 0.2) is 47.0 Å². The zero-order chi connectivity index (χ0) is 19.2. The topological polar surface area (TPSA) is 62.3 Å². The third-order valence-electron chi connectivity index (χ3n) is 4.03. The minimum absolute atomic E-state index is 0. The second kappa shape index (κ2) is 10.1. The van der Waals surface area contributed by atoms with Gasteiger partial charge in [0.15, 0.2) is 5.58 Å². The van der Waals surface area contributed by atoms with Crippen molar-refractivity contribution < 1.29 is 9.26 Å². The monoisotopic (exact) mass is 417 g/mol. The Morgan fingerprint density at radius 2 is 2.07 bits per heavy atom. The smallest absolute Gasteiger partial charge is 0.167 e. The average molecular weight is 418 g/mol. The van der Waals surface area contributed by atoms with Crippen molar-refractivity contribution in [2.75, 3.05) is 27.2 Å². The van der Waals surface area contributed by atoms with Crippen molar-refractivity contribution in [1.29, 1.82) is 5.26 Å². The number of halogens is 2. The molecule has 0 aliphatic rings. The van der Waals surface area contributed by atoms with Gasteiger partial charge >= 0.3 is 0 Å². The summed E-state index contributed by atoms with van der Waals surface area (Å²) in [6.07, 6.45) is 2.68. The Morgan fingerprint density at radius 1 is 1.29 bits per heavy atom. The van der Waals surface area contributed by atoms with Crippen LogP contribution in [0.25, 0.3) is 22.6 Å². The number of aromatic nitrogens is 1. The fraction of sp³-hybridized carbons (Fsp3) is 0.238. The molecule has 0 radical (unpaired) electrons. The molecule has 0 bridgehead atoms. The molecule has 0 atom stereocenters. The molecule has 5 nitrogen and oxygen atoms in total. The maximum Gasteiger partial charge on any atom is 0.167 e. The van der Waals surface area contributed by atoms with E-state index in [1.165, 1.54) is 0 Å². The molecule has 0 spiro atoms. The van der Waals surface area contributed by atoms with Crippen LogP contribution in [0.3, 0.4) is 0 Å². The molecule has 1 aromatic heterocycles. The van der Waals surface area contributed by atoms with E-state index >= 15 is 0 Å². The van der Waals surface area contributed by atoms with E-state index in [0.29, 0.717) is 33.9 Å². The first-order chi connectivity index (χ1) is 13.1. The standard InChI is InChI=1S/C21H20ClN3O2.ClH/c1-25(2)10-5-11-26-19-7-4-3-6-15(19)12-16(14-23)21-18-13-17(22)8-9-20(18)27-24-21;/h3-4,6-9,12-13H,5,10-11H2,1-2H3;1H/b16-12+;. The maximum atomic E-state index is 9.67. The van der Waals surface area contributed by atoms with Crippen LogP contribution in [0, 0.1) is 11.3 Å². The minimum atomic E-state index is 0. The Bertz CT molecular complexity index is 1010. The van der Waals surface area contributed by atoms with E-state index in [-0.39, 0.29) is 12.4 Å². The number of allylic oxidation sites excluding steroid dienone is 1. The summed E-state index contributed by atoms with van der Waals surface area (Å²) in [5, 5.41) is 15.0. The SMILES string of the molecule is CN(C)CCCOc1ccccc1/C=C(\C#N)c1noc2ccc(Cl)cc12.Cl. The lowest BCUT2D eigenvalue weighted by molar-refractivity contribution is 0.281. The summed E-state index contributed by atoms with van der Waals surface area (Å²) in [5.41, 5.74) is 2.26. The van der Waals surface area contributed by atoms with Crippen LogP contribution in [-0.2, 0) is 0 Å². The Labute approximate surface area is 175 Å². The second-order valence-electron chi connectivity index (χ2n) is 6.38. The molecule has 1 heterocycles. The van der Waals surface area contributed by atoms with Crippen LogP contribution in [0.5, 0.6) is 5.75 Å². The van der Waals surface area contributed by atoms with Gasteiger partial charge in [0, 0.05) is 17.1 Å². The van der Waals surface area contributed by atoms with Gasteiger partial charge in [0.25, 0.3) is 0 Å². The molecule has 2 aromatic carbocycles. The zero-order valence-electron chi connectivity index (χ0n) is 15.7. The number of hydrogen-bond donors (Lipinski definition) is 0. The Kier molecular flexibility index (Phi) is 7.89. The summed E-state index contributed by atoms with van der Waals surface area (Å²) in [6, 6.07) is 15.1. The van der Waals surface area contributed by atoms with Gasteiger partial charge in [-0.1, -0.05) is 35.0 Å². The molecular weight excluding hydrogens is 397 g/mol. The van der Waals surface area contributed by atoms with E-state index in [4.69, 9.17) is 20.9 Å². The summed E-state index contributed by atoms with van der Waals surface area (Å²) >= 11 is 6.08. The molecule has 0 saturated carbocycles. The Hall–Kier alpha value is -2.52. The van der Waals surface area contributed by atoms with Gasteiger partial charge in [-0.25, -0.2) is 0 Å². The molecule has 3 rings (SSSR count). The number of fused-ring (bicyclic) bond motifs is 1. The van der Waals surface area contributed by atoms with Crippen molar-refractivity contribution in [2.24, 2.45) is 0 Å². The number of para-hydroxylation sites is 1. The van der Waals surface area contributed by atoms with Crippen LogP contribution >= 0.6 is 24.0 Å². The first kappa shape index (κ1) is 21.8. The van der Waals surface area contributed by atoms with Crippen molar-refractivity contribution in [3.8, 4) is 11.8 Å². The van der Waals surface area contributed by atoms with E-state index in [1.807, 2.05) is 38.4 Å². The van der Waals surface area contributed by atoms with Gasteiger partial charge < -0.3 is 14.2 Å². The molecule has 3 aromatic rings. The van der Waals surface area contributed by atoms with Gasteiger partial charge in [0.1, 0.15) is 17.5 Å². The van der Waals surface area contributed by atoms with E-state index in [9.17, 15) is 5.26 Å². The van der Waals surface area contributed by atoms with Gasteiger partial charge in [-0.3, -0.25) is 0 Å². The molecule has 146 valence electrons. The van der Waals surface area contributed by atoms with Crippen LogP contribution in [0.1, 0.15) is 17.7 Å². The van der Waals surface area contributed by atoms with Crippen molar-refractivity contribution >= 4 is 46.6 Å². The van der Waals surface area contributed by atoms with Crippen LogP contribution in [0.2, 0.25) is 5.02 Å². The molecule has 0 amide bonds. The largest absolute Gasteiger partial charge is 0.493 e. The highest BCUT2D eigenvalue weighted by Crippen LogP contribution is 2.30. The van der Waals surface area contributed by atoms with Crippen molar-refractivity contribution in [3.05, 3.63) is 58.7 Å². The van der Waals surface area contributed by atoms with Gasteiger partial charge in [-0.15, -0.1) is 12.4 Å². The lowest BCUT2D eigenvalue weighted by atomic mass is 10.1. The second-order valence-corrected chi connectivity index (χ2v) is 6.82. The number of nitrogens with zero attached hydrogens (tertiary/aromatic N) is 3. The molecule has 0 N–H and O–H groups in total. The normalized spacial score (nSPS) is 11.3. The van der Waals surface area contributed by atoms with Crippen LogP contribution in [-0.4, -0.2) is 37.3 Å². The van der Waals surface area contributed by atoms with Gasteiger partial charge in [-0.05, 0) is 50.9 Å². The van der Waals surface area contributed by atoms with E-state index in [1.54, 1.807) is 24.3 Å². The van der Waals surface area contributed by atoms with Gasteiger partial charge in [0.2, 0.25) is 0 Å². The van der Waals surface area contributed by atoms with Crippen LogP contribution < -0.4 is 4.74 Å². The Balaban J connectivity index is 0.00000280. The first-order valence-corrected chi connectivity index (χ1v) is 9.00. The Morgan fingerprint density at radius 3 is 2.82 bits per heavy atom. The lowest BCUT2D eigenvalue weighted by Crippen LogP contribution is -2.15. The van der Waals surface area contributed by atoms with Gasteiger partial charge in [0.05, 0.1) is 17.6 Å². The summed E-state index contributed by atoms with van der Waals surface area (Å²) in [5.74, 6) is 0.731. The summed E-state index contributed by atoms with van der Waals surface area (Å²) in [7, 11) is 4.06. The predicted octanol–water partition coefficient (Wildman–Crippen LogP) is 5.30. The fourth-order valence-electron chi connectivity index (χ4n) is 2.71. The fourth-order valence-corrected chi connectivity index (χ4v) is 2.88. The minimum Gasteiger partial charge on any atom is -0.493 e. The molecule has 0 aliphatic carbocycles. The van der Waals surface area contributed by atoms with Crippen molar-refractivity contribution in [3.63, 3.8) is 0 Å². The number of rotatable bonds is 7. The zero-order valence-corrected chi connectivity index (χ0v) is 17.3. The average Bonchev–Trinajstić information content (AvgIpc) is 3.07. The van der Waals surface area contributed by atoms with E-state index in [2.05, 4.69) is 16.1 Å². The summed E-state index contributed by atoms with van der Waals surface area (Å²) in [6.45, 7) is 1.56. The molecule has 7 heteroatoms. The number of ether oxygens (including phenoxy) is 1. The molecule has 0 unspecified atom stereocenters. The number of hydrogen-bond acceptors (Lipinski definition) is 5. The highest BCUT2D eigenvalue weighted by atomic mass is 35.5. The number of benzene rings is 2. The van der Waals surface area contributed by atoms with Crippen molar-refractivity contribution in [2.45, 2.75) is 6.42 Å². The van der Waals surface area contributed by atoms with Crippen LogP contribution in [0.4, 0.5) is 0 Å². The maximum absolute atomic E-state index is 9.67. The van der Waals surface area contributed by atoms with E-state index in [0.717, 1.165) is 24.3 Å². The molecular formula is C21H21Cl2N3O2. The first-order valence-electron chi connectivity index (χ1n) is 8.62. The summed E-state index contributed by atoms with van der Waals surface area (Å²) < 4.78 is 11.2. The quantitative estimate of drug-likeness (QED) is 0.385. The number of nitriles is 1. The highest BCUT2D eigenvalue weighted by Gasteiger charge is 2.14. The van der Waals surface area contributed by atoms with Crippen molar-refractivity contribution in [1.82, 2.24) is 10.1 Å². The third kappa shape index (κ3) is 5.26. The predicted molar refractivity (Wildman–Crippen MR) is 115 cm³/mol. The molecule has 0 fully saturated rings. The highest BCUT2D eigenvalue weighted by molar-refractivity contribution is 6.31. The molecule has 28 heavy (non-hydrogen) atoms. The van der Waals surface area contributed by atoms with Gasteiger partial charge in [-0.2, -0.15) is 5.26 Å². The lowest BCUT2D eigenvalue weighted by Gasteiger charge is -2.12. The summed E-state index contributed by atoms with van der Waals surface area (Å²) in [4.78, 5) is 2.11. The molecule has 0 aliphatic heterocycles. The molecule has 0 saturated heterocycles. The van der Waals surface area contributed by atoms with E-state index < -0.39 is 0 Å².